The molecule has 0 bridgehead atoms. The van der Waals surface area contributed by atoms with E-state index in [4.69, 9.17) is 4.42 Å². The molecule has 0 spiro atoms. The molecule has 2 aromatic rings. The van der Waals surface area contributed by atoms with Gasteiger partial charge in [0.15, 0.2) is 0 Å². The van der Waals surface area contributed by atoms with E-state index in [0.717, 1.165) is 42.9 Å². The van der Waals surface area contributed by atoms with Crippen molar-refractivity contribution in [2.75, 3.05) is 19.6 Å². The van der Waals surface area contributed by atoms with Gasteiger partial charge in [-0.1, -0.05) is 0 Å². The first kappa shape index (κ1) is 24.0. The van der Waals surface area contributed by atoms with Gasteiger partial charge in [0, 0.05) is 44.6 Å². The summed E-state index contributed by atoms with van der Waals surface area (Å²) < 4.78 is 5.53. The number of rotatable bonds is 9. The fourth-order valence-corrected chi connectivity index (χ4v) is 4.49. The number of nitrogens with one attached hydrogen (secondary N) is 1. The maximum atomic E-state index is 13.0. The van der Waals surface area contributed by atoms with Crippen LogP contribution in [0.15, 0.2) is 22.7 Å². The predicted molar refractivity (Wildman–Crippen MR) is 123 cm³/mol. The third-order valence-corrected chi connectivity index (χ3v) is 6.44. The van der Waals surface area contributed by atoms with Gasteiger partial charge in [-0.05, 0) is 71.4 Å². The lowest BCUT2D eigenvalue weighted by Gasteiger charge is -2.30. The largest absolute Gasteiger partial charge is 0.466 e. The number of aryl methyl sites for hydroxylation is 3. The maximum Gasteiger partial charge on any atom is 0.257 e. The summed E-state index contributed by atoms with van der Waals surface area (Å²) in [6.45, 7) is 9.82. The van der Waals surface area contributed by atoms with Crippen LogP contribution in [0.3, 0.4) is 0 Å². The Morgan fingerprint density at radius 2 is 1.84 bits per heavy atom. The van der Waals surface area contributed by atoms with Gasteiger partial charge in [0.2, 0.25) is 5.91 Å². The zero-order valence-corrected chi connectivity index (χ0v) is 19.8. The van der Waals surface area contributed by atoms with Crippen LogP contribution in [0.4, 0.5) is 0 Å². The van der Waals surface area contributed by atoms with Crippen molar-refractivity contribution >= 4 is 11.8 Å². The zero-order valence-electron chi connectivity index (χ0n) is 19.8. The molecular formula is C25H36N4O3. The minimum Gasteiger partial charge on any atom is -0.466 e. The average Bonchev–Trinajstić information content (AvgIpc) is 3.22. The van der Waals surface area contributed by atoms with Crippen molar-refractivity contribution < 1.29 is 14.0 Å². The van der Waals surface area contributed by atoms with Crippen LogP contribution in [0.2, 0.25) is 0 Å². The monoisotopic (exact) mass is 440 g/mol. The van der Waals surface area contributed by atoms with Gasteiger partial charge in [-0.25, -0.2) is 9.97 Å². The standard InChI is InChI=1S/C25H36N4O3/c1-5-29(6-2)25(31)22-16-26-18(4)28-24(22)20-10-8-19(9-11-20)15-27-23(30)14-13-21-12-7-17(3)32-21/h7,12,16,19-20H,5-6,8-11,13-15H2,1-4H3,(H,27,30). The molecule has 32 heavy (non-hydrogen) atoms. The first-order valence-electron chi connectivity index (χ1n) is 11.9. The number of carbonyl (C=O) groups excluding carboxylic acids is 2. The lowest BCUT2D eigenvalue weighted by Crippen LogP contribution is -2.33. The fourth-order valence-electron chi connectivity index (χ4n) is 4.49. The molecule has 2 amide bonds. The van der Waals surface area contributed by atoms with Crippen molar-refractivity contribution in [2.24, 2.45) is 5.92 Å². The normalized spacial score (nSPS) is 18.4. The summed E-state index contributed by atoms with van der Waals surface area (Å²) >= 11 is 0. The smallest absolute Gasteiger partial charge is 0.257 e. The molecule has 1 aliphatic rings. The first-order valence-corrected chi connectivity index (χ1v) is 11.9. The average molecular weight is 441 g/mol. The minimum absolute atomic E-state index is 0.0196. The Kier molecular flexibility index (Phi) is 8.42. The molecular weight excluding hydrogens is 404 g/mol. The summed E-state index contributed by atoms with van der Waals surface area (Å²) in [6, 6.07) is 3.85. The van der Waals surface area contributed by atoms with Crippen molar-refractivity contribution in [3.05, 3.63) is 46.9 Å². The molecule has 0 aliphatic heterocycles. The number of aromatic nitrogens is 2. The number of hydrogen-bond donors (Lipinski definition) is 1. The molecule has 1 aliphatic carbocycles. The highest BCUT2D eigenvalue weighted by Gasteiger charge is 2.28. The van der Waals surface area contributed by atoms with Crippen LogP contribution >= 0.6 is 0 Å². The fraction of sp³-hybridized carbons (Fsp3) is 0.600. The van der Waals surface area contributed by atoms with Gasteiger partial charge in [0.1, 0.15) is 17.3 Å². The van der Waals surface area contributed by atoms with E-state index in [1.54, 1.807) is 6.20 Å². The van der Waals surface area contributed by atoms with E-state index in [9.17, 15) is 9.59 Å². The second kappa shape index (κ2) is 11.2. The topological polar surface area (TPSA) is 88.3 Å². The summed E-state index contributed by atoms with van der Waals surface area (Å²) in [7, 11) is 0. The molecule has 1 N–H and O–H groups in total. The molecule has 1 saturated carbocycles. The SMILES string of the molecule is CCN(CC)C(=O)c1cnc(C)nc1C1CCC(CNC(=O)CCc2ccc(C)o2)CC1. The van der Waals surface area contributed by atoms with Crippen LogP contribution in [0.5, 0.6) is 0 Å². The van der Waals surface area contributed by atoms with Crippen LogP contribution in [0.25, 0.3) is 0 Å². The van der Waals surface area contributed by atoms with Crippen molar-refractivity contribution in [3.63, 3.8) is 0 Å². The lowest BCUT2D eigenvalue weighted by molar-refractivity contribution is -0.121. The Morgan fingerprint density at radius 3 is 2.47 bits per heavy atom. The molecule has 174 valence electrons. The number of hydrogen-bond acceptors (Lipinski definition) is 5. The minimum atomic E-state index is 0.0196. The molecule has 2 heterocycles. The summed E-state index contributed by atoms with van der Waals surface area (Å²) in [6.07, 6.45) is 6.75. The van der Waals surface area contributed by atoms with Gasteiger partial charge in [0.05, 0.1) is 11.3 Å². The molecule has 0 radical (unpaired) electrons. The quantitative estimate of drug-likeness (QED) is 0.632. The van der Waals surface area contributed by atoms with Crippen LogP contribution in [0.1, 0.15) is 85.3 Å². The van der Waals surface area contributed by atoms with Gasteiger partial charge in [-0.2, -0.15) is 0 Å². The molecule has 7 heteroatoms. The van der Waals surface area contributed by atoms with E-state index in [2.05, 4.69) is 15.3 Å². The van der Waals surface area contributed by atoms with E-state index < -0.39 is 0 Å². The third-order valence-electron chi connectivity index (χ3n) is 6.44. The highest BCUT2D eigenvalue weighted by molar-refractivity contribution is 5.95. The molecule has 0 saturated heterocycles. The molecule has 0 atom stereocenters. The molecule has 0 aromatic carbocycles. The van der Waals surface area contributed by atoms with E-state index in [-0.39, 0.29) is 17.7 Å². The Hall–Kier alpha value is -2.70. The predicted octanol–water partition coefficient (Wildman–Crippen LogP) is 4.19. The van der Waals surface area contributed by atoms with Crippen molar-refractivity contribution in [2.45, 2.75) is 72.1 Å². The molecule has 7 nitrogen and oxygen atoms in total. The van der Waals surface area contributed by atoms with Gasteiger partial charge in [-0.3, -0.25) is 9.59 Å². The number of carbonyl (C=O) groups is 2. The van der Waals surface area contributed by atoms with Crippen LogP contribution in [-0.2, 0) is 11.2 Å². The van der Waals surface area contributed by atoms with Gasteiger partial charge in [-0.15, -0.1) is 0 Å². The van der Waals surface area contributed by atoms with E-state index >= 15 is 0 Å². The van der Waals surface area contributed by atoms with Crippen LogP contribution < -0.4 is 5.32 Å². The second-order valence-corrected chi connectivity index (χ2v) is 8.73. The van der Waals surface area contributed by atoms with Gasteiger partial charge < -0.3 is 14.6 Å². The van der Waals surface area contributed by atoms with Crippen molar-refractivity contribution in [1.82, 2.24) is 20.2 Å². The highest BCUT2D eigenvalue weighted by atomic mass is 16.3. The van der Waals surface area contributed by atoms with E-state index in [1.807, 2.05) is 44.7 Å². The Morgan fingerprint density at radius 1 is 1.12 bits per heavy atom. The molecule has 0 unspecified atom stereocenters. The molecule has 2 aromatic heterocycles. The third kappa shape index (κ3) is 6.17. The van der Waals surface area contributed by atoms with Crippen LogP contribution in [-0.4, -0.2) is 46.3 Å². The van der Waals surface area contributed by atoms with Crippen molar-refractivity contribution in [1.29, 1.82) is 0 Å². The Balaban J connectivity index is 1.51. The van der Waals surface area contributed by atoms with Gasteiger partial charge in [0.25, 0.3) is 5.91 Å². The van der Waals surface area contributed by atoms with Gasteiger partial charge >= 0.3 is 0 Å². The summed E-state index contributed by atoms with van der Waals surface area (Å²) in [5.74, 6) is 3.25. The highest BCUT2D eigenvalue weighted by Crippen LogP contribution is 2.36. The van der Waals surface area contributed by atoms with E-state index in [1.165, 1.54) is 0 Å². The Labute approximate surface area is 191 Å². The van der Waals surface area contributed by atoms with Crippen molar-refractivity contribution in [3.8, 4) is 0 Å². The zero-order chi connectivity index (χ0) is 23.1. The van der Waals surface area contributed by atoms with E-state index in [0.29, 0.717) is 49.8 Å². The summed E-state index contributed by atoms with van der Waals surface area (Å²) in [5, 5.41) is 3.09. The first-order chi connectivity index (χ1) is 15.4. The molecule has 1 fully saturated rings. The second-order valence-electron chi connectivity index (χ2n) is 8.73. The summed E-state index contributed by atoms with van der Waals surface area (Å²) in [5.41, 5.74) is 1.54. The molecule has 3 rings (SSSR count). The Bertz CT molecular complexity index is 912. The maximum absolute atomic E-state index is 13.0. The summed E-state index contributed by atoms with van der Waals surface area (Å²) in [4.78, 5) is 36.0. The number of amides is 2. The number of furan rings is 1. The lowest BCUT2D eigenvalue weighted by atomic mass is 9.79. The van der Waals surface area contributed by atoms with Crippen LogP contribution in [0, 0.1) is 19.8 Å². The number of nitrogens with zero attached hydrogens (tertiary/aromatic N) is 3.